The highest BCUT2D eigenvalue weighted by Gasteiger charge is 2.29. The minimum Gasteiger partial charge on any atom is -0.506 e. The molecule has 188 valence electrons. The third-order valence-electron chi connectivity index (χ3n) is 4.50. The smallest absolute Gasteiger partial charge is 0.446 e. The summed E-state index contributed by atoms with van der Waals surface area (Å²) in [4.78, 5) is 12.0. The van der Waals surface area contributed by atoms with Crippen molar-refractivity contribution in [3.63, 3.8) is 0 Å². The molecular weight excluding hydrogens is 532 g/mol. The van der Waals surface area contributed by atoms with Crippen LogP contribution in [0.4, 0.5) is 28.9 Å². The molecule has 0 atom stereocenters. The van der Waals surface area contributed by atoms with Crippen molar-refractivity contribution >= 4 is 51.3 Å². The van der Waals surface area contributed by atoms with Gasteiger partial charge in [-0.25, -0.2) is 12.8 Å². The molecule has 0 saturated heterocycles. The van der Waals surface area contributed by atoms with E-state index >= 15 is 0 Å². The predicted molar refractivity (Wildman–Crippen MR) is 128 cm³/mol. The lowest BCUT2D eigenvalue weighted by molar-refractivity contribution is -0.0328. The number of aromatic hydroxyl groups is 1. The Morgan fingerprint density at radius 1 is 1.03 bits per heavy atom. The highest BCUT2D eigenvalue weighted by atomic mass is 35.5. The van der Waals surface area contributed by atoms with Crippen molar-refractivity contribution in [1.82, 2.24) is 0 Å². The number of anilines is 2. The van der Waals surface area contributed by atoms with Crippen molar-refractivity contribution in [3.8, 4) is 5.75 Å². The number of sulfone groups is 1. The Morgan fingerprint density at radius 3 is 2.17 bits per heavy atom. The lowest BCUT2D eigenvalue weighted by Gasteiger charge is -2.11. The van der Waals surface area contributed by atoms with E-state index in [2.05, 4.69) is 10.6 Å². The number of carbonyl (C=O) groups excluding carboxylic acids is 1. The number of benzene rings is 3. The molecule has 0 saturated carbocycles. The van der Waals surface area contributed by atoms with Crippen LogP contribution < -0.4 is 10.6 Å². The van der Waals surface area contributed by atoms with Crippen molar-refractivity contribution in [2.24, 2.45) is 0 Å². The molecule has 3 aromatic rings. The first-order valence-electron chi connectivity index (χ1n) is 9.54. The van der Waals surface area contributed by atoms with E-state index in [4.69, 9.17) is 0 Å². The molecule has 3 N–H and O–H groups in total. The number of phenolic OH excluding ortho intramolecular Hbond substituents is 1. The lowest BCUT2D eigenvalue weighted by atomic mass is 10.1. The molecule has 0 unspecified atom stereocenters. The third-order valence-corrected chi connectivity index (χ3v) is 6.36. The van der Waals surface area contributed by atoms with Crippen LogP contribution in [-0.2, 0) is 16.4 Å². The van der Waals surface area contributed by atoms with Gasteiger partial charge in [0.25, 0.3) is 5.91 Å². The van der Waals surface area contributed by atoms with Gasteiger partial charge in [-0.3, -0.25) is 4.79 Å². The quantitative estimate of drug-likeness (QED) is 0.148. The van der Waals surface area contributed by atoms with Crippen molar-refractivity contribution in [2.45, 2.75) is 21.8 Å². The molecule has 0 spiro atoms. The highest BCUT2D eigenvalue weighted by molar-refractivity contribution is 8.00. The van der Waals surface area contributed by atoms with Gasteiger partial charge in [0.05, 0.1) is 5.69 Å². The van der Waals surface area contributed by atoms with Crippen LogP contribution in [0, 0.1) is 5.82 Å². The molecule has 35 heavy (non-hydrogen) atoms. The number of hydrogen-bond donors (Lipinski definition) is 3. The van der Waals surface area contributed by atoms with E-state index in [1.165, 1.54) is 36.4 Å². The normalized spacial score (nSPS) is 11.5. The topological polar surface area (TPSA) is 95.5 Å². The number of amides is 1. The van der Waals surface area contributed by atoms with Gasteiger partial charge < -0.3 is 15.7 Å². The van der Waals surface area contributed by atoms with Gasteiger partial charge in [-0.05, 0) is 59.8 Å². The fraction of sp³-hybridized carbons (Fsp3) is 0.136. The van der Waals surface area contributed by atoms with Gasteiger partial charge >= 0.3 is 5.51 Å². The van der Waals surface area contributed by atoms with Gasteiger partial charge in [0, 0.05) is 35.0 Å². The molecule has 0 aliphatic carbocycles. The Hall–Kier alpha value is -2.96. The number of hydrogen-bond acceptors (Lipinski definition) is 6. The zero-order valence-corrected chi connectivity index (χ0v) is 20.3. The Kier molecular flexibility index (Phi) is 9.04. The average molecular weight is 551 g/mol. The van der Waals surface area contributed by atoms with Crippen molar-refractivity contribution in [1.29, 1.82) is 0 Å². The molecule has 6 nitrogen and oxygen atoms in total. The minimum atomic E-state index is -4.35. The van der Waals surface area contributed by atoms with Gasteiger partial charge in [0.15, 0.2) is 9.84 Å². The van der Waals surface area contributed by atoms with Crippen LogP contribution in [0.5, 0.6) is 5.75 Å². The maximum absolute atomic E-state index is 14.1. The molecule has 0 radical (unpaired) electrons. The first-order valence-corrected chi connectivity index (χ1v) is 12.3. The second-order valence-corrected chi connectivity index (χ2v) is 10.3. The minimum absolute atomic E-state index is 0. The standard InChI is InChI=1S/C22H18F4N2O4S2.ClH/c1-34(31,32)20-11-18(17(23)10-19(20)29)28-21(30)14-4-2-13(3-5-14)12-27-15-6-8-16(9-7-15)33-22(24,25)26;/h2-11,27,29H,12H2,1H3,(H,28,30);1H. The summed E-state index contributed by atoms with van der Waals surface area (Å²) in [6.07, 6.45) is 0.841. The van der Waals surface area contributed by atoms with E-state index in [0.29, 0.717) is 18.3 Å². The van der Waals surface area contributed by atoms with E-state index in [1.807, 2.05) is 0 Å². The summed E-state index contributed by atoms with van der Waals surface area (Å²) in [5, 5.41) is 15.0. The van der Waals surface area contributed by atoms with Crippen LogP contribution in [0.3, 0.4) is 0 Å². The number of rotatable bonds is 7. The van der Waals surface area contributed by atoms with E-state index in [-0.39, 0.29) is 34.6 Å². The Morgan fingerprint density at radius 2 is 1.63 bits per heavy atom. The van der Waals surface area contributed by atoms with E-state index < -0.39 is 43.4 Å². The van der Waals surface area contributed by atoms with Gasteiger partial charge in [-0.2, -0.15) is 13.2 Å². The molecule has 0 aliphatic heterocycles. The monoisotopic (exact) mass is 550 g/mol. The van der Waals surface area contributed by atoms with E-state index in [9.17, 15) is 35.9 Å². The van der Waals surface area contributed by atoms with Crippen LogP contribution in [0.15, 0.2) is 70.5 Å². The predicted octanol–water partition coefficient (Wildman–Crippen LogP) is 5.83. The number of alkyl halides is 3. The van der Waals surface area contributed by atoms with Crippen molar-refractivity contribution in [2.75, 3.05) is 16.9 Å². The summed E-state index contributed by atoms with van der Waals surface area (Å²) in [5.74, 6) is -2.45. The number of carbonyl (C=O) groups is 1. The average Bonchev–Trinajstić information content (AvgIpc) is 2.73. The summed E-state index contributed by atoms with van der Waals surface area (Å²) in [6, 6.07) is 13.4. The second kappa shape index (κ2) is 11.2. The number of halogens is 5. The summed E-state index contributed by atoms with van der Waals surface area (Å²) in [7, 11) is -3.84. The summed E-state index contributed by atoms with van der Waals surface area (Å²) in [5.41, 5.74) is -3.21. The van der Waals surface area contributed by atoms with Crippen LogP contribution in [0.1, 0.15) is 15.9 Å². The van der Waals surface area contributed by atoms with Gasteiger partial charge in [0.2, 0.25) is 0 Å². The molecule has 1 amide bonds. The molecule has 3 aromatic carbocycles. The zero-order chi connectivity index (χ0) is 25.1. The molecule has 0 aromatic heterocycles. The van der Waals surface area contributed by atoms with Crippen LogP contribution in [-0.4, -0.2) is 31.2 Å². The Labute approximate surface area is 209 Å². The third kappa shape index (κ3) is 8.05. The molecular formula is C22H19ClF4N2O4S2. The summed E-state index contributed by atoms with van der Waals surface area (Å²) < 4.78 is 74.7. The molecule has 3 rings (SSSR count). The number of nitrogens with one attached hydrogen (secondary N) is 2. The SMILES string of the molecule is CS(=O)(=O)c1cc(NC(=O)c2ccc(CNc3ccc(SC(F)(F)F)cc3)cc2)c(F)cc1O.Cl. The number of phenols is 1. The van der Waals surface area contributed by atoms with E-state index in [1.54, 1.807) is 12.1 Å². The lowest BCUT2D eigenvalue weighted by Crippen LogP contribution is -2.14. The maximum Gasteiger partial charge on any atom is 0.446 e. The Bertz CT molecular complexity index is 1300. The van der Waals surface area contributed by atoms with Crippen LogP contribution in [0.2, 0.25) is 0 Å². The second-order valence-electron chi connectivity index (χ2n) is 7.15. The van der Waals surface area contributed by atoms with Crippen LogP contribution >= 0.6 is 24.2 Å². The van der Waals surface area contributed by atoms with E-state index in [0.717, 1.165) is 17.9 Å². The zero-order valence-electron chi connectivity index (χ0n) is 17.9. The van der Waals surface area contributed by atoms with Crippen LogP contribution in [0.25, 0.3) is 0 Å². The Balaban J connectivity index is 0.00000432. The molecule has 0 fully saturated rings. The fourth-order valence-electron chi connectivity index (χ4n) is 2.88. The summed E-state index contributed by atoms with van der Waals surface area (Å²) >= 11 is -0.199. The molecule has 13 heteroatoms. The first-order chi connectivity index (χ1) is 15.8. The fourth-order valence-corrected chi connectivity index (χ4v) is 4.19. The molecule has 0 heterocycles. The highest BCUT2D eigenvalue weighted by Crippen LogP contribution is 2.37. The summed E-state index contributed by atoms with van der Waals surface area (Å²) in [6.45, 7) is 0.331. The van der Waals surface area contributed by atoms with Gasteiger partial charge in [0.1, 0.15) is 16.5 Å². The van der Waals surface area contributed by atoms with Crippen molar-refractivity contribution in [3.05, 3.63) is 77.6 Å². The molecule has 0 bridgehead atoms. The number of thioether (sulfide) groups is 1. The largest absolute Gasteiger partial charge is 0.506 e. The maximum atomic E-state index is 14.1. The molecule has 0 aliphatic rings. The van der Waals surface area contributed by atoms with Gasteiger partial charge in [-0.1, -0.05) is 12.1 Å². The van der Waals surface area contributed by atoms with Crippen molar-refractivity contribution < 1.29 is 35.9 Å². The first kappa shape index (κ1) is 28.3. The van der Waals surface area contributed by atoms with Gasteiger partial charge in [-0.15, -0.1) is 12.4 Å².